The van der Waals surface area contributed by atoms with E-state index in [4.69, 9.17) is 23.2 Å². The summed E-state index contributed by atoms with van der Waals surface area (Å²) in [5.74, 6) is 2.68. The molecule has 0 aliphatic heterocycles. The Labute approximate surface area is 228 Å². The van der Waals surface area contributed by atoms with Gasteiger partial charge in [0.1, 0.15) is 0 Å². The molecule has 0 N–H and O–H groups in total. The first-order valence-corrected chi connectivity index (χ1v) is 16.9. The first-order chi connectivity index (χ1) is 16.8. The first-order valence-electron chi connectivity index (χ1n) is 15.9. The lowest BCUT2D eigenvalue weighted by Crippen LogP contribution is -2.01. The van der Waals surface area contributed by atoms with Gasteiger partial charge in [-0.2, -0.15) is 0 Å². The van der Waals surface area contributed by atoms with E-state index in [0.29, 0.717) is 0 Å². The van der Waals surface area contributed by atoms with E-state index in [-0.39, 0.29) is 0 Å². The molecule has 0 unspecified atom stereocenters. The van der Waals surface area contributed by atoms with Crippen LogP contribution in [0.5, 0.6) is 0 Å². The van der Waals surface area contributed by atoms with Crippen LogP contribution in [-0.4, -0.2) is 11.8 Å². The molecule has 0 radical (unpaired) electrons. The van der Waals surface area contributed by atoms with Crippen molar-refractivity contribution >= 4 is 23.2 Å². The molecule has 0 bridgehead atoms. The molecule has 0 nitrogen and oxygen atoms in total. The minimum atomic E-state index is 0.839. The van der Waals surface area contributed by atoms with Crippen LogP contribution in [0, 0.1) is 5.92 Å². The van der Waals surface area contributed by atoms with E-state index in [2.05, 4.69) is 20.8 Å². The van der Waals surface area contributed by atoms with Gasteiger partial charge >= 0.3 is 0 Å². The molecule has 34 heavy (non-hydrogen) atoms. The average Bonchev–Trinajstić information content (AvgIpc) is 2.85. The summed E-state index contributed by atoms with van der Waals surface area (Å²) in [5.41, 5.74) is 0. The van der Waals surface area contributed by atoms with Crippen LogP contribution in [0.3, 0.4) is 0 Å². The van der Waals surface area contributed by atoms with Crippen LogP contribution in [-0.2, 0) is 0 Å². The van der Waals surface area contributed by atoms with Gasteiger partial charge in [-0.05, 0) is 18.8 Å². The maximum Gasteiger partial charge on any atom is 0.0223 e. The molecule has 0 amide bonds. The molecule has 0 spiro atoms. The summed E-state index contributed by atoms with van der Waals surface area (Å²) < 4.78 is 0. The highest BCUT2D eigenvalue weighted by Crippen LogP contribution is 2.24. The fourth-order valence-electron chi connectivity index (χ4n) is 4.79. The van der Waals surface area contributed by atoms with Gasteiger partial charge in [0.05, 0.1) is 0 Å². The standard InChI is InChI=1S/C24H48Cl2.C8H18/c1-2-3-4-9-14-19-24(20-15-10-5-7-12-17-22-25)21-16-11-6-8-13-18-23-26;1-3-5-7-8-6-4-2/h24H,2-23H2,1H3;3-8H2,1-2H3. The van der Waals surface area contributed by atoms with Crippen molar-refractivity contribution in [2.45, 2.75) is 188 Å². The van der Waals surface area contributed by atoms with E-state index >= 15 is 0 Å². The van der Waals surface area contributed by atoms with Crippen LogP contribution in [0.4, 0.5) is 0 Å². The van der Waals surface area contributed by atoms with Crippen molar-refractivity contribution in [2.24, 2.45) is 5.92 Å². The Balaban J connectivity index is 0. The zero-order valence-corrected chi connectivity index (χ0v) is 25.6. The molecule has 0 aromatic rings. The zero-order valence-electron chi connectivity index (χ0n) is 24.1. The lowest BCUT2D eigenvalue weighted by Gasteiger charge is -2.17. The van der Waals surface area contributed by atoms with Crippen LogP contribution in [0.25, 0.3) is 0 Å². The van der Waals surface area contributed by atoms with Crippen molar-refractivity contribution in [3.63, 3.8) is 0 Å². The number of hydrogen-bond acceptors (Lipinski definition) is 0. The number of hydrogen-bond donors (Lipinski definition) is 0. The van der Waals surface area contributed by atoms with E-state index in [0.717, 1.165) is 17.7 Å². The highest BCUT2D eigenvalue weighted by Gasteiger charge is 2.08. The monoisotopic (exact) mass is 520 g/mol. The van der Waals surface area contributed by atoms with Gasteiger partial charge in [0, 0.05) is 11.8 Å². The lowest BCUT2D eigenvalue weighted by molar-refractivity contribution is 0.366. The summed E-state index contributed by atoms with van der Waals surface area (Å²) in [5, 5.41) is 0. The van der Waals surface area contributed by atoms with Crippen molar-refractivity contribution in [3.05, 3.63) is 0 Å². The summed E-state index contributed by atoms with van der Waals surface area (Å²) in [4.78, 5) is 0. The van der Waals surface area contributed by atoms with Gasteiger partial charge in [0.2, 0.25) is 0 Å². The summed E-state index contributed by atoms with van der Waals surface area (Å²) in [6, 6.07) is 0. The van der Waals surface area contributed by atoms with E-state index in [9.17, 15) is 0 Å². The number of halogens is 2. The Morgan fingerprint density at radius 1 is 0.324 bits per heavy atom. The third-order valence-electron chi connectivity index (χ3n) is 7.17. The number of unbranched alkanes of at least 4 members (excludes halogenated alkanes) is 19. The van der Waals surface area contributed by atoms with Gasteiger partial charge in [-0.25, -0.2) is 0 Å². The molecule has 2 heteroatoms. The van der Waals surface area contributed by atoms with Crippen LogP contribution in [0.1, 0.15) is 188 Å². The normalized spacial score (nSPS) is 11.1. The maximum atomic E-state index is 5.75. The second kappa shape index (κ2) is 35.7. The zero-order chi connectivity index (χ0) is 25.4. The van der Waals surface area contributed by atoms with Gasteiger partial charge in [0.15, 0.2) is 0 Å². The lowest BCUT2D eigenvalue weighted by atomic mass is 9.89. The molecule has 0 aliphatic carbocycles. The van der Waals surface area contributed by atoms with Gasteiger partial charge in [-0.15, -0.1) is 23.2 Å². The van der Waals surface area contributed by atoms with Gasteiger partial charge in [-0.3, -0.25) is 0 Å². The average molecular weight is 522 g/mol. The Morgan fingerprint density at radius 3 is 0.824 bits per heavy atom. The van der Waals surface area contributed by atoms with E-state index in [1.165, 1.54) is 167 Å². The van der Waals surface area contributed by atoms with Gasteiger partial charge < -0.3 is 0 Å². The molecule has 0 atom stereocenters. The molecule has 0 aromatic heterocycles. The SMILES string of the molecule is CCCCCCCC.CCCCCCCC(CCCCCCCCCl)CCCCCCCCCl. The van der Waals surface area contributed by atoms with Crippen molar-refractivity contribution in [3.8, 4) is 0 Å². The molecule has 0 aromatic carbocycles. The van der Waals surface area contributed by atoms with Crippen LogP contribution in [0.15, 0.2) is 0 Å². The Bertz CT molecular complexity index is 294. The van der Waals surface area contributed by atoms with Gasteiger partial charge in [0.25, 0.3) is 0 Å². The van der Waals surface area contributed by atoms with Crippen molar-refractivity contribution < 1.29 is 0 Å². The van der Waals surface area contributed by atoms with E-state index in [1.807, 2.05) is 0 Å². The summed E-state index contributed by atoms with van der Waals surface area (Å²) in [6.45, 7) is 6.82. The van der Waals surface area contributed by atoms with E-state index in [1.54, 1.807) is 0 Å². The third kappa shape index (κ3) is 34.7. The Kier molecular flexibility index (Phi) is 38.6. The number of rotatable bonds is 27. The maximum absolute atomic E-state index is 5.75. The number of alkyl halides is 2. The highest BCUT2D eigenvalue weighted by atomic mass is 35.5. The molecule has 208 valence electrons. The van der Waals surface area contributed by atoms with Crippen LogP contribution < -0.4 is 0 Å². The predicted octanol–water partition coefficient (Wildman–Crippen LogP) is 13.3. The fraction of sp³-hybridized carbons (Fsp3) is 1.00. The quantitative estimate of drug-likeness (QED) is 0.0744. The molecule has 0 fully saturated rings. The first kappa shape index (κ1) is 36.7. The van der Waals surface area contributed by atoms with Crippen molar-refractivity contribution in [1.82, 2.24) is 0 Å². The minimum absolute atomic E-state index is 0.839. The second-order valence-electron chi connectivity index (χ2n) is 10.7. The summed E-state index contributed by atoms with van der Waals surface area (Å²) in [6.07, 6.45) is 36.5. The van der Waals surface area contributed by atoms with Crippen LogP contribution in [0.2, 0.25) is 0 Å². The molecule has 0 saturated heterocycles. The third-order valence-corrected chi connectivity index (χ3v) is 7.70. The summed E-state index contributed by atoms with van der Waals surface area (Å²) in [7, 11) is 0. The molecule has 0 rings (SSSR count). The summed E-state index contributed by atoms with van der Waals surface area (Å²) >= 11 is 11.5. The molecular formula is C32H66Cl2. The molecular weight excluding hydrogens is 455 g/mol. The highest BCUT2D eigenvalue weighted by molar-refractivity contribution is 6.18. The predicted molar refractivity (Wildman–Crippen MR) is 162 cm³/mol. The molecule has 0 heterocycles. The largest absolute Gasteiger partial charge is 0.127 e. The van der Waals surface area contributed by atoms with Crippen molar-refractivity contribution in [1.29, 1.82) is 0 Å². The molecule has 0 aliphatic rings. The van der Waals surface area contributed by atoms with Crippen LogP contribution >= 0.6 is 23.2 Å². The molecule has 0 saturated carbocycles. The smallest absolute Gasteiger partial charge is 0.0223 e. The Morgan fingerprint density at radius 2 is 0.559 bits per heavy atom. The second-order valence-corrected chi connectivity index (χ2v) is 11.4. The topological polar surface area (TPSA) is 0 Å². The Hall–Kier alpha value is 0.580. The minimum Gasteiger partial charge on any atom is -0.127 e. The fourth-order valence-corrected chi connectivity index (χ4v) is 5.17. The van der Waals surface area contributed by atoms with Gasteiger partial charge in [-0.1, -0.05) is 175 Å². The van der Waals surface area contributed by atoms with Crippen molar-refractivity contribution in [2.75, 3.05) is 11.8 Å². The van der Waals surface area contributed by atoms with E-state index < -0.39 is 0 Å².